The molecular weight excluding hydrogens is 288 g/mol. The predicted octanol–water partition coefficient (Wildman–Crippen LogP) is 2.33. The summed E-state index contributed by atoms with van der Waals surface area (Å²) in [4.78, 5) is 12.0. The summed E-state index contributed by atoms with van der Waals surface area (Å²) >= 11 is 0. The van der Waals surface area contributed by atoms with Crippen molar-refractivity contribution in [1.82, 2.24) is 15.2 Å². The molecule has 1 aromatic heterocycles. The number of fused-ring (bicyclic) bond motifs is 1. The standard InChI is InChI=1S/C16H17F2N3O/c1-19-5-4-12-8-20-16(22)15-7-11(9-21(12)15)10-2-3-13(17)14(18)6-10/h2-3,6-7,9,12,19H,4-5,8H2,1H3,(H,20,22). The molecule has 0 aliphatic carbocycles. The van der Waals surface area contributed by atoms with Gasteiger partial charge in [-0.15, -0.1) is 0 Å². The van der Waals surface area contributed by atoms with E-state index in [1.54, 1.807) is 6.07 Å². The van der Waals surface area contributed by atoms with Crippen LogP contribution in [0.1, 0.15) is 23.0 Å². The van der Waals surface area contributed by atoms with Gasteiger partial charge in [-0.3, -0.25) is 4.79 Å². The second kappa shape index (κ2) is 5.88. The maximum Gasteiger partial charge on any atom is 0.268 e. The van der Waals surface area contributed by atoms with Crippen LogP contribution in [0, 0.1) is 11.6 Å². The summed E-state index contributed by atoms with van der Waals surface area (Å²) < 4.78 is 28.4. The molecule has 6 heteroatoms. The van der Waals surface area contributed by atoms with E-state index in [9.17, 15) is 13.6 Å². The van der Waals surface area contributed by atoms with Gasteiger partial charge < -0.3 is 15.2 Å². The third kappa shape index (κ3) is 2.62. The van der Waals surface area contributed by atoms with Gasteiger partial charge in [0, 0.05) is 18.3 Å². The Kier molecular flexibility index (Phi) is 3.94. The number of amides is 1. The SMILES string of the molecule is CNCCC1CNC(=O)c2cc(-c3ccc(F)c(F)c3)cn21. The first-order valence-corrected chi connectivity index (χ1v) is 7.20. The Hall–Kier alpha value is -2.21. The molecule has 3 rings (SSSR count). The molecule has 1 atom stereocenters. The van der Waals surface area contributed by atoms with Crippen molar-refractivity contribution in [1.29, 1.82) is 0 Å². The molecule has 2 N–H and O–H groups in total. The molecule has 2 aromatic rings. The first-order chi connectivity index (χ1) is 10.6. The topological polar surface area (TPSA) is 46.1 Å². The summed E-state index contributed by atoms with van der Waals surface area (Å²) in [5.74, 6) is -1.91. The highest BCUT2D eigenvalue weighted by atomic mass is 19.2. The summed E-state index contributed by atoms with van der Waals surface area (Å²) in [5, 5.41) is 5.95. The van der Waals surface area contributed by atoms with Crippen molar-refractivity contribution >= 4 is 5.91 Å². The van der Waals surface area contributed by atoms with Crippen LogP contribution in [-0.4, -0.2) is 30.6 Å². The number of nitrogens with one attached hydrogen (secondary N) is 2. The number of hydrogen-bond donors (Lipinski definition) is 2. The Morgan fingerprint density at radius 2 is 2.09 bits per heavy atom. The summed E-state index contributed by atoms with van der Waals surface area (Å²) in [6.07, 6.45) is 2.71. The van der Waals surface area contributed by atoms with Crippen molar-refractivity contribution in [2.45, 2.75) is 12.5 Å². The zero-order chi connectivity index (χ0) is 15.7. The molecule has 0 fully saturated rings. The highest BCUT2D eigenvalue weighted by molar-refractivity contribution is 5.95. The number of hydrogen-bond acceptors (Lipinski definition) is 2. The van der Waals surface area contributed by atoms with Gasteiger partial charge in [-0.2, -0.15) is 0 Å². The van der Waals surface area contributed by atoms with Crippen LogP contribution in [0.4, 0.5) is 8.78 Å². The van der Waals surface area contributed by atoms with E-state index in [-0.39, 0.29) is 11.9 Å². The average molecular weight is 305 g/mol. The largest absolute Gasteiger partial charge is 0.349 e. The lowest BCUT2D eigenvalue weighted by Crippen LogP contribution is -2.39. The van der Waals surface area contributed by atoms with E-state index in [1.165, 1.54) is 6.07 Å². The Morgan fingerprint density at radius 3 is 2.82 bits per heavy atom. The molecule has 4 nitrogen and oxygen atoms in total. The highest BCUT2D eigenvalue weighted by Gasteiger charge is 2.25. The lowest BCUT2D eigenvalue weighted by atomic mass is 10.1. The molecule has 0 bridgehead atoms. The third-order valence-corrected chi connectivity index (χ3v) is 3.95. The number of carbonyl (C=O) groups is 1. The predicted molar refractivity (Wildman–Crippen MR) is 79.7 cm³/mol. The molecule has 22 heavy (non-hydrogen) atoms. The molecule has 1 amide bonds. The molecule has 0 saturated carbocycles. The molecule has 1 unspecified atom stereocenters. The maximum absolute atomic E-state index is 13.4. The van der Waals surface area contributed by atoms with Crippen molar-refractivity contribution in [3.05, 3.63) is 47.8 Å². The van der Waals surface area contributed by atoms with E-state index >= 15 is 0 Å². The minimum Gasteiger partial charge on any atom is -0.349 e. The molecular formula is C16H17F2N3O. The van der Waals surface area contributed by atoms with Crippen molar-refractivity contribution in [2.24, 2.45) is 0 Å². The van der Waals surface area contributed by atoms with Gasteiger partial charge in [0.05, 0.1) is 6.04 Å². The molecule has 0 radical (unpaired) electrons. The van der Waals surface area contributed by atoms with E-state index in [1.807, 2.05) is 17.8 Å². The van der Waals surface area contributed by atoms with Crippen LogP contribution in [-0.2, 0) is 0 Å². The summed E-state index contributed by atoms with van der Waals surface area (Å²) in [7, 11) is 1.88. The summed E-state index contributed by atoms with van der Waals surface area (Å²) in [5.41, 5.74) is 1.81. The lowest BCUT2D eigenvalue weighted by Gasteiger charge is -2.26. The van der Waals surface area contributed by atoms with Crippen molar-refractivity contribution in [3.63, 3.8) is 0 Å². The number of halogens is 2. The molecule has 0 saturated heterocycles. The normalized spacial score (nSPS) is 17.2. The molecule has 116 valence electrons. The van der Waals surface area contributed by atoms with Crippen molar-refractivity contribution < 1.29 is 13.6 Å². The van der Waals surface area contributed by atoms with Crippen molar-refractivity contribution in [2.75, 3.05) is 20.1 Å². The molecule has 1 aromatic carbocycles. The Morgan fingerprint density at radius 1 is 1.27 bits per heavy atom. The van der Waals surface area contributed by atoms with Crippen LogP contribution in [0.25, 0.3) is 11.1 Å². The molecule has 0 spiro atoms. The summed E-state index contributed by atoms with van der Waals surface area (Å²) in [6, 6.07) is 5.63. The Bertz CT molecular complexity index is 711. The Labute approximate surface area is 127 Å². The monoisotopic (exact) mass is 305 g/mol. The smallest absolute Gasteiger partial charge is 0.268 e. The fourth-order valence-corrected chi connectivity index (χ4v) is 2.75. The molecule has 1 aliphatic heterocycles. The third-order valence-electron chi connectivity index (χ3n) is 3.95. The number of nitrogens with zero attached hydrogens (tertiary/aromatic N) is 1. The number of rotatable bonds is 4. The van der Waals surface area contributed by atoms with Crippen LogP contribution in [0.2, 0.25) is 0 Å². The van der Waals surface area contributed by atoms with Gasteiger partial charge in [-0.1, -0.05) is 6.07 Å². The minimum atomic E-state index is -0.891. The minimum absolute atomic E-state index is 0.144. The lowest BCUT2D eigenvalue weighted by molar-refractivity contribution is 0.0913. The van der Waals surface area contributed by atoms with Crippen LogP contribution in [0.3, 0.4) is 0 Å². The average Bonchev–Trinajstić information content (AvgIpc) is 2.96. The van der Waals surface area contributed by atoms with E-state index in [2.05, 4.69) is 10.6 Å². The molecule has 2 heterocycles. The first-order valence-electron chi connectivity index (χ1n) is 7.20. The van der Waals surface area contributed by atoms with Crippen LogP contribution in [0.15, 0.2) is 30.5 Å². The second-order valence-corrected chi connectivity index (χ2v) is 5.41. The summed E-state index contributed by atoms with van der Waals surface area (Å²) in [6.45, 7) is 1.40. The number of carbonyl (C=O) groups excluding carboxylic acids is 1. The van der Waals surface area contributed by atoms with Crippen LogP contribution < -0.4 is 10.6 Å². The van der Waals surface area contributed by atoms with Gasteiger partial charge in [0.15, 0.2) is 11.6 Å². The zero-order valence-corrected chi connectivity index (χ0v) is 12.2. The zero-order valence-electron chi connectivity index (χ0n) is 12.2. The highest BCUT2D eigenvalue weighted by Crippen LogP contribution is 2.28. The fraction of sp³-hybridized carbons (Fsp3) is 0.312. The van der Waals surface area contributed by atoms with Gasteiger partial charge >= 0.3 is 0 Å². The fourth-order valence-electron chi connectivity index (χ4n) is 2.75. The van der Waals surface area contributed by atoms with Crippen LogP contribution in [0.5, 0.6) is 0 Å². The molecule has 1 aliphatic rings. The van der Waals surface area contributed by atoms with Crippen LogP contribution >= 0.6 is 0 Å². The van der Waals surface area contributed by atoms with Gasteiger partial charge in [0.1, 0.15) is 5.69 Å². The van der Waals surface area contributed by atoms with E-state index < -0.39 is 11.6 Å². The van der Waals surface area contributed by atoms with Gasteiger partial charge in [0.25, 0.3) is 5.91 Å². The Balaban J connectivity index is 1.98. The van der Waals surface area contributed by atoms with E-state index in [0.717, 1.165) is 25.1 Å². The van der Waals surface area contributed by atoms with E-state index in [4.69, 9.17) is 0 Å². The number of benzene rings is 1. The quantitative estimate of drug-likeness (QED) is 0.910. The first kappa shape index (κ1) is 14.7. The maximum atomic E-state index is 13.4. The number of aromatic nitrogens is 1. The van der Waals surface area contributed by atoms with Gasteiger partial charge in [-0.05, 0) is 43.8 Å². The van der Waals surface area contributed by atoms with Gasteiger partial charge in [0.2, 0.25) is 0 Å². The van der Waals surface area contributed by atoms with Gasteiger partial charge in [-0.25, -0.2) is 8.78 Å². The van der Waals surface area contributed by atoms with Crippen molar-refractivity contribution in [3.8, 4) is 11.1 Å². The van der Waals surface area contributed by atoms with E-state index in [0.29, 0.717) is 23.4 Å². The second-order valence-electron chi connectivity index (χ2n) is 5.41.